The maximum Gasteiger partial charge on any atom is 0 e. The van der Waals surface area contributed by atoms with Gasteiger partial charge in [0.2, 0.25) is 0 Å². The van der Waals surface area contributed by atoms with Gasteiger partial charge in [0.25, 0.3) is 0 Å². The summed E-state index contributed by atoms with van der Waals surface area (Å²) >= 11 is 0. The van der Waals surface area contributed by atoms with Crippen LogP contribution < -0.4 is 0 Å². The summed E-state index contributed by atoms with van der Waals surface area (Å²) in [4.78, 5) is 0. The average Bonchev–Trinajstić information content (AvgIpc) is 0.918. The van der Waals surface area contributed by atoms with E-state index in [-0.39, 0.29) is 32.7 Å². The first-order chi connectivity index (χ1) is 1.41. The van der Waals surface area contributed by atoms with Gasteiger partial charge >= 0.3 is 0 Å². The van der Waals surface area contributed by atoms with Gasteiger partial charge in [0, 0.05) is 32.7 Å². The van der Waals surface area contributed by atoms with Crippen molar-refractivity contribution in [3.8, 4) is 0 Å². The summed E-state index contributed by atoms with van der Waals surface area (Å²) in [7, 11) is 0. The summed E-state index contributed by atoms with van der Waals surface area (Å²) < 4.78 is 19.0. The Balaban J connectivity index is 0. The van der Waals surface area contributed by atoms with Crippen molar-refractivity contribution >= 4 is 0 Å². The third-order valence-corrected chi connectivity index (χ3v) is 0. The second-order valence-corrected chi connectivity index (χ2v) is 0.0825. The van der Waals surface area contributed by atoms with E-state index in [1.165, 1.54) is 0 Å². The van der Waals surface area contributed by atoms with Crippen molar-refractivity contribution in [2.24, 2.45) is 0 Å². The normalized spacial score (nSPS) is 4.50. The molecule has 0 unspecified atom stereocenters. The van der Waals surface area contributed by atoms with Crippen LogP contribution in [0.4, 0.5) is 8.78 Å². The minimum Gasteiger partial charge on any atom is -0.425 e. The zero-order valence-corrected chi connectivity index (χ0v) is 4.75. The molecule has 0 bridgehead atoms. The van der Waals surface area contributed by atoms with Crippen LogP contribution in [0.2, 0.25) is 0 Å². The Bertz CT molecular complexity index is 6.00. The molecule has 0 fully saturated rings. The van der Waals surface area contributed by atoms with Crippen molar-refractivity contribution in [2.45, 2.75) is 0 Å². The molecule has 0 aliphatic carbocycles. The molecule has 3 heteroatoms. The van der Waals surface area contributed by atoms with Crippen LogP contribution in [0, 0.1) is 6.93 Å². The number of hydrogen-bond acceptors (Lipinski definition) is 0. The van der Waals surface area contributed by atoms with Crippen LogP contribution in [0.1, 0.15) is 0 Å². The van der Waals surface area contributed by atoms with Gasteiger partial charge in [-0.2, -0.15) is 0 Å². The van der Waals surface area contributed by atoms with E-state index >= 15 is 0 Å². The molecule has 4 heavy (non-hydrogen) atoms. The minimum absolute atomic E-state index is 0. The van der Waals surface area contributed by atoms with E-state index < -0.39 is 6.93 Å². The maximum absolute atomic E-state index is 9.50. The Morgan fingerprint density at radius 3 is 1.25 bits per heavy atom. The molecule has 0 N–H and O–H groups in total. The zero-order chi connectivity index (χ0) is 2.71. The zero-order valence-electron chi connectivity index (χ0n) is 1.91. The second kappa shape index (κ2) is 9.03. The first-order valence-electron chi connectivity index (χ1n) is 0.436. The van der Waals surface area contributed by atoms with Crippen LogP contribution >= 0.6 is 0 Å². The Morgan fingerprint density at radius 1 is 1.25 bits per heavy atom. The summed E-state index contributed by atoms with van der Waals surface area (Å²) in [6.07, 6.45) is 0. The van der Waals surface area contributed by atoms with Gasteiger partial charge in [-0.3, -0.25) is 0 Å². The van der Waals surface area contributed by atoms with Crippen molar-refractivity contribution in [1.82, 2.24) is 0 Å². The molecule has 0 amide bonds. The number of halogens is 2. The molecule has 0 saturated heterocycles. The van der Waals surface area contributed by atoms with Crippen LogP contribution in [-0.2, 0) is 32.7 Å². The fourth-order valence-corrected chi connectivity index (χ4v) is 0. The summed E-state index contributed by atoms with van der Waals surface area (Å²) in [5.41, 5.74) is 0. The minimum atomic E-state index is -1.00. The largest absolute Gasteiger partial charge is 0.425 e. The predicted molar refractivity (Wildman–Crippen MR) is 6.52 cm³/mol. The Hall–Kier alpha value is 0.964. The fraction of sp³-hybridized carbons (Fsp3) is 0. The molecule has 0 aliphatic rings. The van der Waals surface area contributed by atoms with Gasteiger partial charge in [-0.05, 0) is 6.93 Å². The van der Waals surface area contributed by atoms with Gasteiger partial charge < -0.3 is 8.78 Å². The number of hydrogen-bond donors (Lipinski definition) is 0. The molecular weight excluding hydrogens is 139 g/mol. The summed E-state index contributed by atoms with van der Waals surface area (Å²) in [6.45, 7) is -1.00. The van der Waals surface area contributed by atoms with Crippen molar-refractivity contribution in [1.29, 1.82) is 0 Å². The summed E-state index contributed by atoms with van der Waals surface area (Å²) in [6, 6.07) is 0. The van der Waals surface area contributed by atoms with Crippen molar-refractivity contribution in [2.75, 3.05) is 0 Å². The van der Waals surface area contributed by atoms with Crippen LogP contribution in [0.15, 0.2) is 0 Å². The molecular formula is CHF2Y-. The molecule has 0 rings (SSSR count). The average molecular weight is 140 g/mol. The second-order valence-electron chi connectivity index (χ2n) is 0.0825. The molecule has 0 heterocycles. The summed E-state index contributed by atoms with van der Waals surface area (Å²) in [5.74, 6) is 0. The third-order valence-electron chi connectivity index (χ3n) is 0. The van der Waals surface area contributed by atoms with Crippen molar-refractivity contribution in [3.05, 3.63) is 6.93 Å². The maximum atomic E-state index is 9.50. The van der Waals surface area contributed by atoms with E-state index in [0.29, 0.717) is 0 Å². The summed E-state index contributed by atoms with van der Waals surface area (Å²) in [5, 5.41) is 0. The van der Waals surface area contributed by atoms with E-state index in [0.717, 1.165) is 0 Å². The third kappa shape index (κ3) is 12.3. The fourth-order valence-electron chi connectivity index (χ4n) is 0. The Labute approximate surface area is 48.5 Å². The molecule has 0 aromatic rings. The van der Waals surface area contributed by atoms with Crippen LogP contribution in [0.5, 0.6) is 0 Å². The van der Waals surface area contributed by atoms with Crippen molar-refractivity contribution in [3.63, 3.8) is 0 Å². The van der Waals surface area contributed by atoms with Gasteiger partial charge in [0.1, 0.15) is 0 Å². The van der Waals surface area contributed by atoms with E-state index in [1.807, 2.05) is 0 Å². The van der Waals surface area contributed by atoms with Gasteiger partial charge in [-0.25, -0.2) is 0 Å². The van der Waals surface area contributed by atoms with Gasteiger partial charge in [0.15, 0.2) is 0 Å². The molecule has 0 aliphatic heterocycles. The molecule has 0 aromatic carbocycles. The van der Waals surface area contributed by atoms with Gasteiger partial charge in [-0.15, -0.1) is 0 Å². The monoisotopic (exact) mass is 140 g/mol. The Morgan fingerprint density at radius 2 is 1.25 bits per heavy atom. The van der Waals surface area contributed by atoms with E-state index in [4.69, 9.17) is 0 Å². The van der Waals surface area contributed by atoms with Crippen LogP contribution in [0.3, 0.4) is 0 Å². The molecule has 0 saturated carbocycles. The Kier molecular flexibility index (Phi) is 20.0. The standard InChI is InChI=1S/CHF2.Y/c2-1-3;/h1H;/q-1;. The van der Waals surface area contributed by atoms with Crippen LogP contribution in [-0.4, -0.2) is 0 Å². The molecule has 0 aromatic heterocycles. The van der Waals surface area contributed by atoms with Gasteiger partial charge in [0.05, 0.1) is 0 Å². The van der Waals surface area contributed by atoms with E-state index in [2.05, 4.69) is 0 Å². The van der Waals surface area contributed by atoms with Gasteiger partial charge in [-0.1, -0.05) is 0 Å². The molecule has 0 nitrogen and oxygen atoms in total. The topological polar surface area (TPSA) is 0 Å². The molecule has 0 atom stereocenters. The predicted octanol–water partition coefficient (Wildman–Crippen LogP) is 1.04. The first kappa shape index (κ1) is 8.88. The molecule has 23 valence electrons. The van der Waals surface area contributed by atoms with Crippen molar-refractivity contribution < 1.29 is 41.5 Å². The molecule has 1 radical (unpaired) electrons. The smallest absolute Gasteiger partial charge is 0 e. The first-order valence-corrected chi connectivity index (χ1v) is 0.436. The number of rotatable bonds is 0. The SMILES string of the molecule is F[CH-]F.[Y]. The van der Waals surface area contributed by atoms with E-state index in [1.54, 1.807) is 0 Å². The quantitative estimate of drug-likeness (QED) is 0.441. The van der Waals surface area contributed by atoms with E-state index in [9.17, 15) is 8.78 Å². The van der Waals surface area contributed by atoms with Crippen LogP contribution in [0.25, 0.3) is 0 Å². The molecule has 0 spiro atoms.